The van der Waals surface area contributed by atoms with E-state index in [-0.39, 0.29) is 12.4 Å². The van der Waals surface area contributed by atoms with E-state index < -0.39 is 36.0 Å². The molecule has 0 unspecified atom stereocenters. The molecule has 0 bridgehead atoms. The maximum absolute atomic E-state index is 14.1. The number of benzene rings is 3. The topological polar surface area (TPSA) is 75.0 Å². The van der Waals surface area contributed by atoms with Gasteiger partial charge in [-0.2, -0.15) is 0 Å². The summed E-state index contributed by atoms with van der Waals surface area (Å²) < 4.78 is 40.6. The second-order valence-corrected chi connectivity index (χ2v) is 11.1. The zero-order chi connectivity index (χ0) is 28.1. The average Bonchev–Trinajstić information content (AvgIpc) is 3.61. The fourth-order valence-corrected chi connectivity index (χ4v) is 5.47. The first kappa shape index (κ1) is 26.8. The minimum atomic E-state index is -1.06. The highest BCUT2D eigenvalue weighted by molar-refractivity contribution is 5.80. The van der Waals surface area contributed by atoms with Gasteiger partial charge in [0.15, 0.2) is 11.6 Å². The lowest BCUT2D eigenvalue weighted by Gasteiger charge is -2.27. The van der Waals surface area contributed by atoms with E-state index in [1.54, 1.807) is 12.1 Å². The number of aromatic nitrogens is 2. The van der Waals surface area contributed by atoms with Crippen LogP contribution in [0.25, 0.3) is 28.2 Å². The number of ether oxygens (including phenoxy) is 4. The molecular weight excluding hydrogens is 511 g/mol. The van der Waals surface area contributed by atoms with Gasteiger partial charge in [0.25, 0.3) is 0 Å². The summed E-state index contributed by atoms with van der Waals surface area (Å²) in [5.74, 6) is -1.64. The number of hydrogen-bond donors (Lipinski definition) is 1. The van der Waals surface area contributed by atoms with Gasteiger partial charge in [-0.15, -0.1) is 0 Å². The minimum Gasteiger partial charge on any atom is -0.387 e. The molecule has 2 saturated heterocycles. The monoisotopic (exact) mass is 544 g/mol. The molecule has 4 aromatic rings. The van der Waals surface area contributed by atoms with Gasteiger partial charge in [0.1, 0.15) is 36.1 Å². The molecular formula is C32H33FN2O5. The minimum absolute atomic E-state index is 0.220. The second kappa shape index (κ2) is 10.2. The normalized spacial score (nSPS) is 24.3. The van der Waals surface area contributed by atoms with E-state index in [4.69, 9.17) is 23.9 Å². The summed E-state index contributed by atoms with van der Waals surface area (Å²) in [6.07, 6.45) is -3.27. The predicted molar refractivity (Wildman–Crippen MR) is 148 cm³/mol. The Morgan fingerprint density at radius 1 is 0.825 bits per heavy atom. The smallest absolute Gasteiger partial charge is 0.164 e. The molecule has 6 rings (SSSR count). The number of nitrogens with zero attached hydrogens (tertiary/aromatic N) is 2. The highest BCUT2D eigenvalue weighted by atomic mass is 19.1. The Labute approximate surface area is 233 Å². The molecule has 208 valence electrons. The molecule has 40 heavy (non-hydrogen) atoms. The van der Waals surface area contributed by atoms with Crippen LogP contribution in [0.4, 0.5) is 4.39 Å². The standard InChI is InChI=1S/C32H33FN2O5/c1-31(2)37-19-24(38-31)27(36)28-29(40-32(3,4)39-28)30-34-25(20-11-7-5-8-12-20)26(21-13-9-6-10-14-21)35(30)23-17-15-22(33)16-18-23/h5-18,24,27-29,36H,19H2,1-4H3/t24-,27+,28+,29+/m1/s1. The number of aliphatic hydroxyl groups excluding tert-OH is 1. The number of imidazole rings is 1. The first-order chi connectivity index (χ1) is 19.1. The predicted octanol–water partition coefficient (Wildman–Crippen LogP) is 6.05. The molecule has 2 fully saturated rings. The lowest BCUT2D eigenvalue weighted by molar-refractivity contribution is -0.178. The fourth-order valence-electron chi connectivity index (χ4n) is 5.47. The molecule has 0 amide bonds. The van der Waals surface area contributed by atoms with Gasteiger partial charge in [0.2, 0.25) is 0 Å². The number of halogens is 1. The summed E-state index contributed by atoms with van der Waals surface area (Å²) >= 11 is 0. The Kier molecular flexibility index (Phi) is 6.84. The summed E-state index contributed by atoms with van der Waals surface area (Å²) in [6, 6.07) is 26.1. The molecule has 1 aromatic heterocycles. The van der Waals surface area contributed by atoms with Crippen molar-refractivity contribution in [3.63, 3.8) is 0 Å². The van der Waals surface area contributed by atoms with Crippen LogP contribution in [-0.4, -0.2) is 51.2 Å². The molecule has 7 nitrogen and oxygen atoms in total. The summed E-state index contributed by atoms with van der Waals surface area (Å²) in [5, 5.41) is 11.6. The van der Waals surface area contributed by atoms with Crippen molar-refractivity contribution >= 4 is 0 Å². The van der Waals surface area contributed by atoms with Crippen LogP contribution in [0.5, 0.6) is 0 Å². The van der Waals surface area contributed by atoms with E-state index in [0.29, 0.717) is 11.5 Å². The van der Waals surface area contributed by atoms with E-state index in [9.17, 15) is 9.50 Å². The molecule has 2 aliphatic rings. The molecule has 3 heterocycles. The molecule has 0 spiro atoms. The Hall–Kier alpha value is -3.40. The third-order valence-corrected chi connectivity index (χ3v) is 7.21. The first-order valence-corrected chi connectivity index (χ1v) is 13.5. The summed E-state index contributed by atoms with van der Waals surface area (Å²) in [5.41, 5.74) is 4.08. The Balaban J connectivity index is 1.56. The van der Waals surface area contributed by atoms with Crippen molar-refractivity contribution < 1.29 is 28.4 Å². The molecule has 0 radical (unpaired) electrons. The highest BCUT2D eigenvalue weighted by Crippen LogP contribution is 2.45. The van der Waals surface area contributed by atoms with Crippen molar-refractivity contribution in [2.24, 2.45) is 0 Å². The van der Waals surface area contributed by atoms with Crippen molar-refractivity contribution in [2.75, 3.05) is 6.61 Å². The lowest BCUT2D eigenvalue weighted by atomic mass is 10.0. The van der Waals surface area contributed by atoms with Crippen molar-refractivity contribution in [3.05, 3.63) is 96.6 Å². The van der Waals surface area contributed by atoms with Crippen LogP contribution >= 0.6 is 0 Å². The van der Waals surface area contributed by atoms with Gasteiger partial charge in [0.05, 0.1) is 18.0 Å². The van der Waals surface area contributed by atoms with Gasteiger partial charge in [-0.05, 0) is 52.0 Å². The molecule has 0 saturated carbocycles. The second-order valence-electron chi connectivity index (χ2n) is 11.1. The quantitative estimate of drug-likeness (QED) is 0.319. The first-order valence-electron chi connectivity index (χ1n) is 13.5. The maximum Gasteiger partial charge on any atom is 0.164 e. The highest BCUT2D eigenvalue weighted by Gasteiger charge is 2.52. The fraction of sp³-hybridized carbons (Fsp3) is 0.344. The van der Waals surface area contributed by atoms with E-state index >= 15 is 0 Å². The number of aliphatic hydroxyl groups is 1. The lowest BCUT2D eigenvalue weighted by Crippen LogP contribution is -2.43. The van der Waals surface area contributed by atoms with E-state index in [0.717, 1.165) is 22.5 Å². The van der Waals surface area contributed by atoms with Crippen LogP contribution < -0.4 is 0 Å². The molecule has 2 aliphatic heterocycles. The van der Waals surface area contributed by atoms with Crippen LogP contribution in [0.3, 0.4) is 0 Å². The Bertz CT molecular complexity index is 1470. The zero-order valence-electron chi connectivity index (χ0n) is 23.0. The van der Waals surface area contributed by atoms with Crippen molar-refractivity contribution in [3.8, 4) is 28.2 Å². The third-order valence-electron chi connectivity index (χ3n) is 7.21. The van der Waals surface area contributed by atoms with Gasteiger partial charge in [-0.25, -0.2) is 9.37 Å². The van der Waals surface area contributed by atoms with Crippen LogP contribution in [0.15, 0.2) is 84.9 Å². The van der Waals surface area contributed by atoms with Gasteiger partial charge in [-0.1, -0.05) is 60.7 Å². The van der Waals surface area contributed by atoms with Crippen molar-refractivity contribution in [1.82, 2.24) is 9.55 Å². The van der Waals surface area contributed by atoms with E-state index in [1.807, 2.05) is 92.9 Å². The zero-order valence-corrected chi connectivity index (χ0v) is 23.0. The van der Waals surface area contributed by atoms with Gasteiger partial charge in [0, 0.05) is 16.8 Å². The Morgan fingerprint density at radius 2 is 1.45 bits per heavy atom. The SMILES string of the molecule is CC1(C)O[C@@H]([C@@H](O)[C@H]2COC(C)(C)O2)[C@@H](c2nc(-c3ccccc3)c(-c3ccccc3)n2-c2ccc(F)cc2)O1. The van der Waals surface area contributed by atoms with E-state index in [1.165, 1.54) is 12.1 Å². The third kappa shape index (κ3) is 5.09. The van der Waals surface area contributed by atoms with Crippen LogP contribution in [0.2, 0.25) is 0 Å². The molecule has 0 aliphatic carbocycles. The van der Waals surface area contributed by atoms with Crippen molar-refractivity contribution in [2.45, 2.75) is 63.7 Å². The van der Waals surface area contributed by atoms with Crippen LogP contribution in [0.1, 0.15) is 39.6 Å². The van der Waals surface area contributed by atoms with Gasteiger partial charge < -0.3 is 24.1 Å². The Morgan fingerprint density at radius 3 is 2.05 bits per heavy atom. The van der Waals surface area contributed by atoms with Crippen LogP contribution in [-0.2, 0) is 18.9 Å². The van der Waals surface area contributed by atoms with Gasteiger partial charge in [-0.3, -0.25) is 4.57 Å². The number of hydrogen-bond acceptors (Lipinski definition) is 6. The molecule has 1 N–H and O–H groups in total. The van der Waals surface area contributed by atoms with Crippen LogP contribution in [0, 0.1) is 5.82 Å². The van der Waals surface area contributed by atoms with Gasteiger partial charge >= 0.3 is 0 Å². The van der Waals surface area contributed by atoms with Crippen molar-refractivity contribution in [1.29, 1.82) is 0 Å². The van der Waals surface area contributed by atoms with E-state index in [2.05, 4.69) is 0 Å². The molecule has 8 heteroatoms. The summed E-state index contributed by atoms with van der Waals surface area (Å²) in [7, 11) is 0. The largest absolute Gasteiger partial charge is 0.387 e. The average molecular weight is 545 g/mol. The maximum atomic E-state index is 14.1. The summed E-state index contributed by atoms with van der Waals surface area (Å²) in [6.45, 7) is 7.46. The molecule has 4 atom stereocenters. The summed E-state index contributed by atoms with van der Waals surface area (Å²) in [4.78, 5) is 5.17. The number of rotatable bonds is 6. The molecule has 3 aromatic carbocycles.